The molecule has 3 heterocycles. The molecule has 7 rings (SSSR count). The van der Waals surface area contributed by atoms with Crippen molar-refractivity contribution >= 4 is 23.6 Å². The van der Waals surface area contributed by atoms with Crippen LogP contribution in [0.25, 0.3) is 0 Å². The molecule has 268 valence electrons. The molecule has 2 atom stereocenters. The van der Waals surface area contributed by atoms with E-state index >= 15 is 0 Å². The van der Waals surface area contributed by atoms with E-state index in [1.165, 1.54) is 23.1 Å². The second kappa shape index (κ2) is 16.4. The lowest BCUT2D eigenvalue weighted by Gasteiger charge is -2.44. The number of nitrogens with zero attached hydrogens (tertiary/aromatic N) is 6. The Kier molecular flexibility index (Phi) is 11.3. The van der Waals surface area contributed by atoms with E-state index < -0.39 is 0 Å². The summed E-state index contributed by atoms with van der Waals surface area (Å²) in [6, 6.07) is 20.1. The molecular weight excluding hydrogens is 660 g/mol. The summed E-state index contributed by atoms with van der Waals surface area (Å²) in [5.41, 5.74) is 6.91. The van der Waals surface area contributed by atoms with Crippen LogP contribution < -0.4 is 0 Å². The molecule has 2 amide bonds. The topological polar surface area (TPSA) is 83.8 Å². The molecule has 0 radical (unpaired) electrons. The number of ether oxygens (including phenoxy) is 1. The van der Waals surface area contributed by atoms with Crippen LogP contribution in [0.1, 0.15) is 84.6 Å². The fraction of sp³-hybridized carbons (Fsp3) is 0.463. The minimum absolute atomic E-state index is 0.0396. The number of benzene rings is 2. The Bertz CT molecular complexity index is 1790. The Morgan fingerprint density at radius 2 is 1.80 bits per heavy atom. The third-order valence-electron chi connectivity index (χ3n) is 10.9. The van der Waals surface area contributed by atoms with Gasteiger partial charge in [0.25, 0.3) is 0 Å². The molecule has 2 fully saturated rings. The first-order valence-corrected chi connectivity index (χ1v) is 19.0. The highest BCUT2D eigenvalue weighted by molar-refractivity contribution is 6.30. The molecule has 1 saturated carbocycles. The fourth-order valence-electron chi connectivity index (χ4n) is 8.18. The quantitative estimate of drug-likeness (QED) is 0.174. The number of carbonyl (C=O) groups excluding carboxylic acids is 2. The highest BCUT2D eigenvalue weighted by Gasteiger charge is 2.40. The van der Waals surface area contributed by atoms with E-state index in [9.17, 15) is 9.59 Å². The van der Waals surface area contributed by atoms with Gasteiger partial charge in [-0.1, -0.05) is 60.5 Å². The van der Waals surface area contributed by atoms with Crippen LogP contribution >= 0.6 is 11.6 Å². The van der Waals surface area contributed by atoms with Crippen LogP contribution in [0.3, 0.4) is 0 Å². The summed E-state index contributed by atoms with van der Waals surface area (Å²) in [5, 5.41) is 0.729. The molecule has 1 aliphatic heterocycles. The summed E-state index contributed by atoms with van der Waals surface area (Å²) >= 11 is 6.52. The first-order valence-electron chi connectivity index (χ1n) is 18.6. The highest BCUT2D eigenvalue weighted by atomic mass is 35.5. The van der Waals surface area contributed by atoms with Gasteiger partial charge in [0.2, 0.25) is 5.91 Å². The maximum absolute atomic E-state index is 14.5. The van der Waals surface area contributed by atoms with E-state index in [2.05, 4.69) is 40.2 Å². The van der Waals surface area contributed by atoms with Crippen molar-refractivity contribution in [2.45, 2.75) is 88.9 Å². The smallest absolute Gasteiger partial charge is 0.410 e. The summed E-state index contributed by atoms with van der Waals surface area (Å²) in [5.74, 6) is 0.0396. The van der Waals surface area contributed by atoms with Gasteiger partial charge in [-0.2, -0.15) is 0 Å². The number of pyridine rings is 1. The molecule has 2 aromatic heterocycles. The Balaban J connectivity index is 1.16. The third-order valence-corrected chi connectivity index (χ3v) is 11.2. The van der Waals surface area contributed by atoms with Gasteiger partial charge in [0, 0.05) is 69.3 Å². The maximum Gasteiger partial charge on any atom is 0.410 e. The number of halogens is 1. The van der Waals surface area contributed by atoms with Crippen LogP contribution in [-0.2, 0) is 42.4 Å². The summed E-state index contributed by atoms with van der Waals surface area (Å²) in [6.45, 7) is 2.77. The molecule has 10 heteroatoms. The lowest BCUT2D eigenvalue weighted by atomic mass is 9.94. The lowest BCUT2D eigenvalue weighted by Crippen LogP contribution is -2.57. The first-order chi connectivity index (χ1) is 24.9. The van der Waals surface area contributed by atoms with Crippen LogP contribution in [0, 0.1) is 0 Å². The maximum atomic E-state index is 14.5. The van der Waals surface area contributed by atoms with E-state index in [1.54, 1.807) is 0 Å². The predicted octanol–water partition coefficient (Wildman–Crippen LogP) is 7.16. The number of aryl methyl sites for hydroxylation is 4. The minimum Gasteiger partial charge on any atom is -0.446 e. The van der Waals surface area contributed by atoms with Crippen LogP contribution in [0.15, 0.2) is 79.4 Å². The standard InChI is InChI=1S/C41H49ClN6O3/c1-45-29-43-26-34(45)13-9-21-46(27-30-10-4-2-5-11-30)38(49)25-35-28-47(22-23-48(35)41(50)51-36-14-6-3-7-15-36)40-37-19-18-33(42)24-32(37)17-16-31-12-8-20-44-39(31)40/h2,4-5,8,10-12,18-20,24,26,29,35-36,40H,3,6-7,9,13-17,21-23,25,27-28H2,1H3/t35-,40-/m0/s1. The Hall–Kier alpha value is -4.21. The van der Waals surface area contributed by atoms with Crippen LogP contribution in [0.5, 0.6) is 0 Å². The van der Waals surface area contributed by atoms with Crippen LogP contribution in [-0.4, -0.2) is 79.6 Å². The average molecular weight is 709 g/mol. The number of imidazole rings is 1. The molecule has 4 aromatic rings. The van der Waals surface area contributed by atoms with Crippen molar-refractivity contribution in [1.29, 1.82) is 0 Å². The van der Waals surface area contributed by atoms with Gasteiger partial charge in [-0.3, -0.25) is 14.7 Å². The lowest BCUT2D eigenvalue weighted by molar-refractivity contribution is -0.133. The zero-order valence-electron chi connectivity index (χ0n) is 29.6. The SMILES string of the molecule is Cn1cncc1CCCN(Cc1ccccc1)C(=O)C[C@H]1CN([C@H]2c3ccc(Cl)cc3CCc3cccnc32)CCN1C(=O)OC1CCCCC1. The molecule has 3 aliphatic rings. The molecule has 0 unspecified atom stereocenters. The number of carbonyl (C=O) groups is 2. The van der Waals surface area contributed by atoms with E-state index in [0.717, 1.165) is 73.3 Å². The van der Waals surface area contributed by atoms with Crippen molar-refractivity contribution in [2.24, 2.45) is 7.05 Å². The van der Waals surface area contributed by atoms with Crippen molar-refractivity contribution in [1.82, 2.24) is 29.2 Å². The summed E-state index contributed by atoms with van der Waals surface area (Å²) in [4.78, 5) is 43.9. The largest absolute Gasteiger partial charge is 0.446 e. The number of amides is 2. The Morgan fingerprint density at radius 1 is 0.980 bits per heavy atom. The molecule has 2 aromatic carbocycles. The van der Waals surface area contributed by atoms with E-state index in [4.69, 9.17) is 21.3 Å². The van der Waals surface area contributed by atoms with Gasteiger partial charge in [-0.05, 0) is 91.8 Å². The number of hydrogen-bond acceptors (Lipinski definition) is 6. The molecule has 0 spiro atoms. The fourth-order valence-corrected chi connectivity index (χ4v) is 8.37. The van der Waals surface area contributed by atoms with Gasteiger partial charge in [-0.15, -0.1) is 0 Å². The number of rotatable bonds is 10. The number of piperazine rings is 1. The van der Waals surface area contributed by atoms with Crippen molar-refractivity contribution in [3.63, 3.8) is 0 Å². The molecule has 0 N–H and O–H groups in total. The summed E-state index contributed by atoms with van der Waals surface area (Å²) in [6.07, 6.45) is 14.0. The van der Waals surface area contributed by atoms with Gasteiger partial charge in [0.1, 0.15) is 6.10 Å². The van der Waals surface area contributed by atoms with Crippen molar-refractivity contribution in [3.8, 4) is 0 Å². The third kappa shape index (κ3) is 8.47. The number of aromatic nitrogens is 3. The predicted molar refractivity (Wildman–Crippen MR) is 198 cm³/mol. The Morgan fingerprint density at radius 3 is 2.61 bits per heavy atom. The molecule has 51 heavy (non-hydrogen) atoms. The number of fused-ring (bicyclic) bond motifs is 2. The molecule has 1 saturated heterocycles. The monoisotopic (exact) mass is 708 g/mol. The van der Waals surface area contributed by atoms with E-state index in [-0.39, 0.29) is 36.6 Å². The highest BCUT2D eigenvalue weighted by Crippen LogP contribution is 2.38. The van der Waals surface area contributed by atoms with Gasteiger partial charge < -0.3 is 19.1 Å². The van der Waals surface area contributed by atoms with E-state index in [0.29, 0.717) is 32.7 Å². The first kappa shape index (κ1) is 35.2. The van der Waals surface area contributed by atoms with Crippen molar-refractivity contribution in [3.05, 3.63) is 118 Å². The van der Waals surface area contributed by atoms with E-state index in [1.807, 2.05) is 70.5 Å². The van der Waals surface area contributed by atoms with Crippen molar-refractivity contribution in [2.75, 3.05) is 26.2 Å². The second-order valence-corrected chi connectivity index (χ2v) is 14.8. The summed E-state index contributed by atoms with van der Waals surface area (Å²) in [7, 11) is 2.00. The average Bonchev–Trinajstić information content (AvgIpc) is 3.48. The van der Waals surface area contributed by atoms with Crippen molar-refractivity contribution < 1.29 is 14.3 Å². The van der Waals surface area contributed by atoms with Crippen LogP contribution in [0.2, 0.25) is 5.02 Å². The minimum atomic E-state index is -0.358. The Labute approximate surface area is 306 Å². The van der Waals surface area contributed by atoms with Gasteiger partial charge in [0.05, 0.1) is 24.1 Å². The summed E-state index contributed by atoms with van der Waals surface area (Å²) < 4.78 is 8.18. The zero-order valence-corrected chi connectivity index (χ0v) is 30.4. The molecular formula is C41H49ClN6O3. The molecule has 2 aliphatic carbocycles. The molecule has 0 bridgehead atoms. The van der Waals surface area contributed by atoms with Gasteiger partial charge in [-0.25, -0.2) is 9.78 Å². The van der Waals surface area contributed by atoms with Crippen LogP contribution in [0.4, 0.5) is 4.79 Å². The van der Waals surface area contributed by atoms with Gasteiger partial charge in [0.15, 0.2) is 0 Å². The molecule has 9 nitrogen and oxygen atoms in total. The van der Waals surface area contributed by atoms with Gasteiger partial charge >= 0.3 is 6.09 Å². The second-order valence-electron chi connectivity index (χ2n) is 14.4. The number of hydrogen-bond donors (Lipinski definition) is 0. The zero-order chi connectivity index (χ0) is 35.2. The normalized spacial score (nSPS) is 19.5.